The van der Waals surface area contributed by atoms with Crippen molar-refractivity contribution in [3.63, 3.8) is 0 Å². The van der Waals surface area contributed by atoms with Gasteiger partial charge in [0.05, 0.1) is 16.6 Å². The molecule has 1 N–H and O–H groups in total. The van der Waals surface area contributed by atoms with E-state index in [1.54, 1.807) is 0 Å². The van der Waals surface area contributed by atoms with Crippen LogP contribution in [0, 0.1) is 13.8 Å². The topological polar surface area (TPSA) is 58.6 Å². The Bertz CT molecular complexity index is 587. The number of fused-ring (bicyclic) bond motifs is 1. The quantitative estimate of drug-likeness (QED) is 0.835. The lowest BCUT2D eigenvalue weighted by molar-refractivity contribution is 0.835. The molecular formula is C12H15N3O. The van der Waals surface area contributed by atoms with Crippen LogP contribution in [0.1, 0.15) is 30.6 Å². The van der Waals surface area contributed by atoms with E-state index in [4.69, 9.17) is 0 Å². The Hall–Kier alpha value is -1.71. The van der Waals surface area contributed by atoms with Crippen LogP contribution in [0.3, 0.4) is 0 Å². The largest absolute Gasteiger partial charge is 0.310 e. The Morgan fingerprint density at radius 1 is 1.31 bits per heavy atom. The number of aromatic amines is 1. The molecule has 0 saturated heterocycles. The fraction of sp³-hybridized carbons (Fsp3) is 0.417. The van der Waals surface area contributed by atoms with Crippen molar-refractivity contribution in [3.8, 4) is 0 Å². The van der Waals surface area contributed by atoms with Crippen LogP contribution in [0.2, 0.25) is 0 Å². The molecule has 0 aliphatic rings. The molecule has 0 aliphatic heterocycles. The van der Waals surface area contributed by atoms with Crippen molar-refractivity contribution in [3.05, 3.63) is 33.6 Å². The zero-order valence-corrected chi connectivity index (χ0v) is 9.79. The monoisotopic (exact) mass is 217 g/mol. The number of pyridine rings is 1. The van der Waals surface area contributed by atoms with Gasteiger partial charge in [-0.15, -0.1) is 0 Å². The zero-order chi connectivity index (χ0) is 11.7. The Morgan fingerprint density at radius 2 is 2.06 bits per heavy atom. The van der Waals surface area contributed by atoms with Gasteiger partial charge in [0, 0.05) is 12.1 Å². The molecule has 0 saturated carbocycles. The van der Waals surface area contributed by atoms with Crippen LogP contribution in [0.5, 0.6) is 0 Å². The summed E-state index contributed by atoms with van der Waals surface area (Å²) in [6.45, 7) is 5.81. The van der Waals surface area contributed by atoms with E-state index in [1.807, 2.05) is 19.9 Å². The first kappa shape index (κ1) is 10.8. The van der Waals surface area contributed by atoms with E-state index in [0.717, 1.165) is 35.6 Å². The van der Waals surface area contributed by atoms with E-state index in [1.165, 1.54) is 0 Å². The summed E-state index contributed by atoms with van der Waals surface area (Å²) in [5, 5.41) is 0.602. The fourth-order valence-electron chi connectivity index (χ4n) is 1.90. The number of aromatic nitrogens is 3. The van der Waals surface area contributed by atoms with Gasteiger partial charge in [0.25, 0.3) is 5.56 Å². The highest BCUT2D eigenvalue weighted by molar-refractivity contribution is 5.79. The van der Waals surface area contributed by atoms with Gasteiger partial charge in [0.15, 0.2) is 0 Å². The third-order valence-electron chi connectivity index (χ3n) is 2.53. The Morgan fingerprint density at radius 3 is 2.75 bits per heavy atom. The Kier molecular flexibility index (Phi) is 2.73. The van der Waals surface area contributed by atoms with Crippen molar-refractivity contribution in [1.29, 1.82) is 0 Å². The van der Waals surface area contributed by atoms with Gasteiger partial charge in [0.1, 0.15) is 5.82 Å². The molecule has 0 unspecified atom stereocenters. The molecule has 4 heteroatoms. The molecule has 4 nitrogen and oxygen atoms in total. The van der Waals surface area contributed by atoms with Gasteiger partial charge in [-0.2, -0.15) is 0 Å². The highest BCUT2D eigenvalue weighted by Crippen LogP contribution is 2.12. The van der Waals surface area contributed by atoms with Gasteiger partial charge in [-0.05, 0) is 26.3 Å². The molecule has 0 atom stereocenters. The zero-order valence-electron chi connectivity index (χ0n) is 9.79. The van der Waals surface area contributed by atoms with Gasteiger partial charge in [-0.3, -0.25) is 9.78 Å². The minimum atomic E-state index is -0.0848. The molecule has 2 aromatic heterocycles. The van der Waals surface area contributed by atoms with E-state index in [-0.39, 0.29) is 5.56 Å². The van der Waals surface area contributed by atoms with Crippen LogP contribution >= 0.6 is 0 Å². The lowest BCUT2D eigenvalue weighted by Crippen LogP contribution is -2.13. The number of rotatable bonds is 2. The molecule has 2 rings (SSSR count). The number of aryl methyl sites for hydroxylation is 3. The average Bonchev–Trinajstić information content (AvgIpc) is 2.15. The van der Waals surface area contributed by atoms with Crippen LogP contribution in [-0.4, -0.2) is 15.0 Å². The summed E-state index contributed by atoms with van der Waals surface area (Å²) in [6.07, 6.45) is 1.77. The van der Waals surface area contributed by atoms with Gasteiger partial charge in [0.2, 0.25) is 0 Å². The van der Waals surface area contributed by atoms with E-state index >= 15 is 0 Å². The molecule has 2 aromatic rings. The summed E-state index contributed by atoms with van der Waals surface area (Å²) in [6, 6.07) is 1.86. The molecule has 0 aromatic carbocycles. The Labute approximate surface area is 93.8 Å². The van der Waals surface area contributed by atoms with E-state index in [2.05, 4.69) is 21.9 Å². The predicted octanol–water partition coefficient (Wildman–Crippen LogP) is 1.89. The van der Waals surface area contributed by atoms with Crippen LogP contribution in [-0.2, 0) is 6.42 Å². The maximum absolute atomic E-state index is 11.9. The summed E-state index contributed by atoms with van der Waals surface area (Å²) in [5.74, 6) is 0.755. The Balaban J connectivity index is 2.77. The normalized spacial score (nSPS) is 10.9. The maximum Gasteiger partial charge on any atom is 0.260 e. The van der Waals surface area contributed by atoms with Crippen molar-refractivity contribution in [2.24, 2.45) is 0 Å². The number of nitrogens with zero attached hydrogens (tertiary/aromatic N) is 2. The van der Waals surface area contributed by atoms with Crippen LogP contribution in [0.4, 0.5) is 0 Å². The summed E-state index contributed by atoms with van der Waals surface area (Å²) in [5.41, 5.74) is 2.30. The summed E-state index contributed by atoms with van der Waals surface area (Å²) in [4.78, 5) is 23.4. The predicted molar refractivity (Wildman–Crippen MR) is 63.6 cm³/mol. The van der Waals surface area contributed by atoms with Crippen LogP contribution in [0.15, 0.2) is 10.9 Å². The molecule has 0 fully saturated rings. The number of H-pyrrole nitrogens is 1. The molecular weight excluding hydrogens is 202 g/mol. The average molecular weight is 217 g/mol. The lowest BCUT2D eigenvalue weighted by Gasteiger charge is -2.04. The molecule has 0 aliphatic carbocycles. The second-order valence-corrected chi connectivity index (χ2v) is 4.01. The summed E-state index contributed by atoms with van der Waals surface area (Å²) < 4.78 is 0. The fourth-order valence-corrected chi connectivity index (χ4v) is 1.90. The first-order chi connectivity index (χ1) is 7.61. The first-order valence-electron chi connectivity index (χ1n) is 5.49. The maximum atomic E-state index is 11.9. The third kappa shape index (κ3) is 1.83. The summed E-state index contributed by atoms with van der Waals surface area (Å²) >= 11 is 0. The van der Waals surface area contributed by atoms with Crippen molar-refractivity contribution in [2.75, 3.05) is 0 Å². The van der Waals surface area contributed by atoms with Gasteiger partial charge < -0.3 is 4.98 Å². The minimum absolute atomic E-state index is 0.0848. The third-order valence-corrected chi connectivity index (χ3v) is 2.53. The lowest BCUT2D eigenvalue weighted by atomic mass is 10.2. The SMILES string of the molecule is CCCc1nc2cc(C)nc(C)c2c(=O)[nH]1. The van der Waals surface area contributed by atoms with Crippen LogP contribution < -0.4 is 5.56 Å². The molecule has 84 valence electrons. The number of hydrogen-bond donors (Lipinski definition) is 1. The standard InChI is InChI=1S/C12H15N3O/c1-4-5-10-14-9-6-7(2)13-8(3)11(9)12(16)15-10/h6H,4-5H2,1-3H3,(H,14,15,16). The van der Waals surface area contributed by atoms with Gasteiger partial charge >= 0.3 is 0 Å². The molecule has 2 heterocycles. The smallest absolute Gasteiger partial charge is 0.260 e. The van der Waals surface area contributed by atoms with Gasteiger partial charge in [-0.25, -0.2) is 4.98 Å². The van der Waals surface area contributed by atoms with E-state index < -0.39 is 0 Å². The van der Waals surface area contributed by atoms with Crippen molar-refractivity contribution in [1.82, 2.24) is 15.0 Å². The molecule has 16 heavy (non-hydrogen) atoms. The summed E-state index contributed by atoms with van der Waals surface area (Å²) in [7, 11) is 0. The van der Waals surface area contributed by atoms with Gasteiger partial charge in [-0.1, -0.05) is 6.92 Å². The molecule has 0 radical (unpaired) electrons. The van der Waals surface area contributed by atoms with E-state index in [0.29, 0.717) is 5.39 Å². The highest BCUT2D eigenvalue weighted by Gasteiger charge is 2.07. The highest BCUT2D eigenvalue weighted by atomic mass is 16.1. The second-order valence-electron chi connectivity index (χ2n) is 4.01. The van der Waals surface area contributed by atoms with Crippen molar-refractivity contribution < 1.29 is 0 Å². The second kappa shape index (κ2) is 4.04. The molecule has 0 spiro atoms. The first-order valence-corrected chi connectivity index (χ1v) is 5.49. The molecule has 0 bridgehead atoms. The minimum Gasteiger partial charge on any atom is -0.310 e. The van der Waals surface area contributed by atoms with Crippen LogP contribution in [0.25, 0.3) is 10.9 Å². The number of nitrogens with one attached hydrogen (secondary N) is 1. The van der Waals surface area contributed by atoms with E-state index in [9.17, 15) is 4.79 Å². The van der Waals surface area contributed by atoms with Crippen molar-refractivity contribution >= 4 is 10.9 Å². The van der Waals surface area contributed by atoms with Crippen molar-refractivity contribution in [2.45, 2.75) is 33.6 Å². The number of hydrogen-bond acceptors (Lipinski definition) is 3. The molecule has 0 amide bonds.